The largest absolute Gasteiger partial charge is 0.507 e. The molecule has 12 bridgehead atoms. The van der Waals surface area contributed by atoms with Gasteiger partial charge in [0.1, 0.15) is 23.0 Å². The van der Waals surface area contributed by atoms with E-state index in [2.05, 4.69) is 151 Å². The van der Waals surface area contributed by atoms with E-state index >= 15 is 0 Å². The van der Waals surface area contributed by atoms with Crippen LogP contribution in [0.4, 0.5) is 0 Å². The predicted octanol–water partition coefficient (Wildman–Crippen LogP) is 9.83. The maximum absolute atomic E-state index is 12.1. The number of phenolic OH excluding ortho intramolecular Hbond substituents is 4. The first kappa shape index (κ1) is 45.9. The fourth-order valence-electron chi connectivity index (χ4n) is 9.38. The van der Waals surface area contributed by atoms with Crippen molar-refractivity contribution in [3.63, 3.8) is 0 Å². The molecule has 0 aromatic heterocycles. The van der Waals surface area contributed by atoms with Crippen molar-refractivity contribution in [1.82, 2.24) is 19.6 Å². The van der Waals surface area contributed by atoms with Gasteiger partial charge in [0.25, 0.3) is 0 Å². The quantitative estimate of drug-likeness (QED) is 0.139. The highest BCUT2D eigenvalue weighted by atomic mass is 16.3. The summed E-state index contributed by atoms with van der Waals surface area (Å²) >= 11 is 0. The van der Waals surface area contributed by atoms with Crippen molar-refractivity contribution in [3.8, 4) is 23.0 Å². The number of hydrogen-bond acceptors (Lipinski definition) is 8. The van der Waals surface area contributed by atoms with Gasteiger partial charge in [0.2, 0.25) is 0 Å². The summed E-state index contributed by atoms with van der Waals surface area (Å²) in [5, 5.41) is 48.2. The van der Waals surface area contributed by atoms with Gasteiger partial charge < -0.3 is 20.4 Å². The lowest BCUT2D eigenvalue weighted by atomic mass is 9.82. The van der Waals surface area contributed by atoms with E-state index < -0.39 is 0 Å². The fourth-order valence-corrected chi connectivity index (χ4v) is 9.38. The molecule has 0 saturated carbocycles. The summed E-state index contributed by atoms with van der Waals surface area (Å²) in [4.78, 5) is 9.73. The number of aromatic hydroxyl groups is 4. The van der Waals surface area contributed by atoms with E-state index in [-0.39, 0.29) is 21.7 Å². The van der Waals surface area contributed by atoms with E-state index in [0.717, 1.165) is 96.9 Å². The molecule has 0 aliphatic carbocycles. The average Bonchev–Trinajstić information content (AvgIpc) is 3.17. The molecule has 4 N–H and O–H groups in total. The van der Waals surface area contributed by atoms with Crippen LogP contribution in [0.5, 0.6) is 23.0 Å². The predicted molar refractivity (Wildman–Crippen MR) is 254 cm³/mol. The molecule has 0 spiro atoms. The molecule has 62 heavy (non-hydrogen) atoms. The normalized spacial score (nSPS) is 21.9. The van der Waals surface area contributed by atoms with Gasteiger partial charge in [-0.15, -0.1) is 0 Å². The molecule has 4 aromatic rings. The van der Waals surface area contributed by atoms with Crippen molar-refractivity contribution in [3.05, 3.63) is 115 Å². The Kier molecular flexibility index (Phi) is 12.7. The Hall–Kier alpha value is -4.08. The Balaban J connectivity index is 1.31. The standard InChI is InChI=1S/C54H76N4O4/c1-51(2,3)43-23-35-21-36-24-44(52(4,5)6)28-40(48(36)60)32-57-17-19-58(20-18-57)34-42-30-46(54(10,11)12)26-38(50(42)62)22-37-25-45(53(7,8)9)29-41(49(37)61)33-56-15-13-55(14-16-56)31-39(27-43)47(35)59/h23-30,59-62H,13-22,31-34H2,1-12H3. The van der Waals surface area contributed by atoms with Crippen LogP contribution in [-0.4, -0.2) is 92.4 Å². The first-order valence-corrected chi connectivity index (χ1v) is 23.1. The van der Waals surface area contributed by atoms with Gasteiger partial charge in [-0.3, -0.25) is 19.6 Å². The van der Waals surface area contributed by atoms with E-state index in [1.807, 2.05) is 0 Å². The second-order valence-electron chi connectivity index (χ2n) is 23.0. The van der Waals surface area contributed by atoms with Crippen LogP contribution in [0.15, 0.2) is 48.5 Å². The fraction of sp³-hybridized carbons (Fsp3) is 0.556. The molecule has 8 heteroatoms. The van der Waals surface area contributed by atoms with Gasteiger partial charge in [0.05, 0.1) is 0 Å². The molecule has 6 heterocycles. The van der Waals surface area contributed by atoms with Crippen LogP contribution in [0.2, 0.25) is 0 Å². The van der Waals surface area contributed by atoms with Crippen LogP contribution in [0, 0.1) is 0 Å². The van der Waals surface area contributed by atoms with Crippen LogP contribution >= 0.6 is 0 Å². The van der Waals surface area contributed by atoms with Crippen molar-refractivity contribution in [2.45, 2.75) is 144 Å². The highest BCUT2D eigenvalue weighted by Crippen LogP contribution is 2.40. The minimum atomic E-state index is -0.128. The maximum atomic E-state index is 12.1. The van der Waals surface area contributed by atoms with Gasteiger partial charge in [-0.05, 0) is 66.2 Å². The van der Waals surface area contributed by atoms with Crippen molar-refractivity contribution in [1.29, 1.82) is 0 Å². The highest BCUT2D eigenvalue weighted by Gasteiger charge is 2.29. The van der Waals surface area contributed by atoms with Crippen LogP contribution in [0.1, 0.15) is 150 Å². The maximum Gasteiger partial charge on any atom is 0.123 e. The van der Waals surface area contributed by atoms with Crippen molar-refractivity contribution < 1.29 is 20.4 Å². The summed E-state index contributed by atoms with van der Waals surface area (Å²) in [6.07, 6.45) is 0.872. The summed E-state index contributed by atoms with van der Waals surface area (Å²) in [6.45, 7) is 35.9. The van der Waals surface area contributed by atoms with E-state index in [9.17, 15) is 20.4 Å². The molecule has 0 radical (unpaired) electrons. The zero-order valence-electron chi connectivity index (χ0n) is 40.1. The van der Waals surface area contributed by atoms with Gasteiger partial charge in [-0.25, -0.2) is 0 Å². The monoisotopic (exact) mass is 845 g/mol. The smallest absolute Gasteiger partial charge is 0.123 e. The number of piperazine rings is 2. The first-order chi connectivity index (χ1) is 28.8. The molecule has 0 unspecified atom stereocenters. The van der Waals surface area contributed by atoms with E-state index in [4.69, 9.17) is 0 Å². The third-order valence-corrected chi connectivity index (χ3v) is 13.8. The molecule has 10 rings (SSSR count). The Morgan fingerprint density at radius 2 is 0.452 bits per heavy atom. The lowest BCUT2D eigenvalue weighted by Crippen LogP contribution is -2.45. The minimum absolute atomic E-state index is 0.128. The van der Waals surface area contributed by atoms with E-state index in [0.29, 0.717) is 62.0 Å². The molecule has 0 atom stereocenters. The summed E-state index contributed by atoms with van der Waals surface area (Å²) < 4.78 is 0. The van der Waals surface area contributed by atoms with Gasteiger partial charge in [0.15, 0.2) is 0 Å². The van der Waals surface area contributed by atoms with Crippen LogP contribution < -0.4 is 0 Å². The third kappa shape index (κ3) is 10.3. The van der Waals surface area contributed by atoms with Crippen molar-refractivity contribution in [2.24, 2.45) is 0 Å². The van der Waals surface area contributed by atoms with Gasteiger partial charge in [0, 0.05) is 114 Å². The SMILES string of the molecule is CC(C)(C)c1cc2c(O)c(c1)CN1CCN(CC1)Cc1cc(C(C)(C)C)cc(c1O)Cc1cc(C(C)(C)C)cc(c1O)CN1CCN(CC1)Cc1cc(C(C)(C)C)cc(c1O)C2. The molecule has 8 nitrogen and oxygen atoms in total. The summed E-state index contributed by atoms with van der Waals surface area (Å²) in [5.41, 5.74) is 11.3. The Morgan fingerprint density at radius 1 is 0.290 bits per heavy atom. The Labute approximate surface area is 373 Å². The molecule has 336 valence electrons. The average molecular weight is 845 g/mol. The zero-order valence-corrected chi connectivity index (χ0v) is 40.1. The molecule has 6 aliphatic rings. The van der Waals surface area contributed by atoms with Crippen LogP contribution in [0.25, 0.3) is 0 Å². The Bertz CT molecular complexity index is 1950. The second kappa shape index (κ2) is 17.1. The molecular formula is C54H76N4O4. The molecule has 0 amide bonds. The zero-order chi connectivity index (χ0) is 45.1. The molecule has 6 aliphatic heterocycles. The second-order valence-corrected chi connectivity index (χ2v) is 23.0. The van der Waals surface area contributed by atoms with Crippen LogP contribution in [-0.2, 0) is 60.7 Å². The Morgan fingerprint density at radius 3 is 0.613 bits per heavy atom. The number of benzene rings is 4. The summed E-state index contributed by atoms with van der Waals surface area (Å²) in [5.74, 6) is 1.29. The molecule has 4 aromatic carbocycles. The van der Waals surface area contributed by atoms with Gasteiger partial charge in [-0.1, -0.05) is 132 Å². The highest BCUT2D eigenvalue weighted by molar-refractivity contribution is 5.54. The van der Waals surface area contributed by atoms with Crippen LogP contribution in [0.3, 0.4) is 0 Å². The summed E-state index contributed by atoms with van der Waals surface area (Å²) in [6, 6.07) is 17.3. The minimum Gasteiger partial charge on any atom is -0.507 e. The lowest BCUT2D eigenvalue weighted by Gasteiger charge is -2.36. The molecular weight excluding hydrogens is 769 g/mol. The van der Waals surface area contributed by atoms with Gasteiger partial charge >= 0.3 is 0 Å². The van der Waals surface area contributed by atoms with Crippen molar-refractivity contribution in [2.75, 3.05) is 52.4 Å². The van der Waals surface area contributed by atoms with Gasteiger partial charge in [-0.2, -0.15) is 0 Å². The third-order valence-electron chi connectivity index (χ3n) is 13.8. The topological polar surface area (TPSA) is 93.9 Å². The lowest BCUT2D eigenvalue weighted by molar-refractivity contribution is 0.120. The number of nitrogens with zero attached hydrogens (tertiary/aromatic N) is 4. The molecule has 2 fully saturated rings. The first-order valence-electron chi connectivity index (χ1n) is 23.1. The number of phenols is 4. The van der Waals surface area contributed by atoms with Crippen molar-refractivity contribution >= 4 is 0 Å². The van der Waals surface area contributed by atoms with E-state index in [1.54, 1.807) is 0 Å². The number of hydrogen-bond donors (Lipinski definition) is 4. The summed E-state index contributed by atoms with van der Waals surface area (Å²) in [7, 11) is 0. The van der Waals surface area contributed by atoms with E-state index in [1.165, 1.54) is 22.3 Å². The molecule has 2 saturated heterocycles. The number of rotatable bonds is 0.